The van der Waals surface area contributed by atoms with E-state index in [0.29, 0.717) is 11.4 Å². The lowest BCUT2D eigenvalue weighted by Gasteiger charge is -2.10. The summed E-state index contributed by atoms with van der Waals surface area (Å²) in [4.78, 5) is 22.5. The third kappa shape index (κ3) is 4.29. The quantitative estimate of drug-likeness (QED) is 0.623. The van der Waals surface area contributed by atoms with E-state index < -0.39 is 0 Å². The Morgan fingerprint density at radius 1 is 1.39 bits per heavy atom. The van der Waals surface area contributed by atoms with Crippen LogP contribution in [0.15, 0.2) is 18.2 Å². The van der Waals surface area contributed by atoms with Gasteiger partial charge in [-0.05, 0) is 18.6 Å². The van der Waals surface area contributed by atoms with E-state index in [1.54, 1.807) is 6.07 Å². The smallest absolute Gasteiger partial charge is 0.315 e. The van der Waals surface area contributed by atoms with Gasteiger partial charge in [-0.3, -0.25) is 9.59 Å². The van der Waals surface area contributed by atoms with Crippen LogP contribution in [0.2, 0.25) is 0 Å². The maximum absolute atomic E-state index is 11.6. The molecule has 1 amide bonds. The van der Waals surface area contributed by atoms with Crippen molar-refractivity contribution in [3.8, 4) is 0 Å². The number of benzene rings is 1. The fourth-order valence-electron chi connectivity index (χ4n) is 1.32. The van der Waals surface area contributed by atoms with Crippen LogP contribution in [0.25, 0.3) is 0 Å². The van der Waals surface area contributed by atoms with Crippen LogP contribution < -0.4 is 11.1 Å². The van der Waals surface area contributed by atoms with Gasteiger partial charge in [0.15, 0.2) is 0 Å². The first-order valence-corrected chi connectivity index (χ1v) is 6.49. The predicted molar refractivity (Wildman–Crippen MR) is 73.6 cm³/mol. The maximum Gasteiger partial charge on any atom is 0.315 e. The van der Waals surface area contributed by atoms with Gasteiger partial charge in [0.2, 0.25) is 5.91 Å². The van der Waals surface area contributed by atoms with Crippen LogP contribution in [-0.4, -0.2) is 30.5 Å². The number of nitrogens with one attached hydrogen (secondary N) is 1. The number of rotatable bonds is 5. The second kappa shape index (κ2) is 6.90. The molecule has 1 aromatic carbocycles. The molecule has 0 aliphatic heterocycles. The highest BCUT2D eigenvalue weighted by Gasteiger charge is 2.09. The summed E-state index contributed by atoms with van der Waals surface area (Å²) in [6.45, 7) is 1.87. The number of hydrogen-bond acceptors (Lipinski definition) is 5. The maximum atomic E-state index is 11.6. The van der Waals surface area contributed by atoms with Gasteiger partial charge < -0.3 is 15.8 Å². The summed E-state index contributed by atoms with van der Waals surface area (Å²) < 4.78 is 4.48. The predicted octanol–water partition coefficient (Wildman–Crippen LogP) is 1.42. The second-order valence-corrected chi connectivity index (χ2v) is 4.64. The molecule has 0 saturated heterocycles. The van der Waals surface area contributed by atoms with E-state index in [9.17, 15) is 9.59 Å². The van der Waals surface area contributed by atoms with E-state index in [1.807, 2.05) is 19.1 Å². The number of carbonyl (C=O) groups is 2. The minimum atomic E-state index is -0.344. The number of anilines is 2. The molecule has 1 rings (SSSR count). The average Bonchev–Trinajstić information content (AvgIpc) is 2.34. The topological polar surface area (TPSA) is 81.4 Å². The molecule has 0 saturated carbocycles. The van der Waals surface area contributed by atoms with Gasteiger partial charge in [-0.1, -0.05) is 12.1 Å². The molecule has 0 spiro atoms. The zero-order valence-corrected chi connectivity index (χ0v) is 11.2. The molecule has 3 N–H and O–H groups in total. The summed E-state index contributed by atoms with van der Waals surface area (Å²) in [7, 11) is 1.32. The van der Waals surface area contributed by atoms with Crippen LogP contribution in [0.3, 0.4) is 0 Å². The first kappa shape index (κ1) is 14.4. The fraction of sp³-hybridized carbons (Fsp3) is 0.333. The minimum absolute atomic E-state index is 0.160. The van der Waals surface area contributed by atoms with Crippen LogP contribution in [-0.2, 0) is 14.3 Å². The summed E-state index contributed by atoms with van der Waals surface area (Å²) in [5.74, 6) is -0.191. The standard InChI is InChI=1S/C12H16N2O3S/c1-8-4-3-5-9(13)12(8)14-10(15)6-18-7-11(16)17-2/h3-5H,6-7,13H2,1-2H3,(H,14,15). The number of amides is 1. The number of ether oxygens (including phenoxy) is 1. The number of nitrogens with two attached hydrogens (primary N) is 1. The van der Waals surface area contributed by atoms with Gasteiger partial charge in [-0.15, -0.1) is 11.8 Å². The molecule has 98 valence electrons. The Kier molecular flexibility index (Phi) is 5.51. The summed E-state index contributed by atoms with van der Waals surface area (Å²) in [6.07, 6.45) is 0. The molecule has 0 atom stereocenters. The van der Waals surface area contributed by atoms with Gasteiger partial charge in [0.1, 0.15) is 0 Å². The van der Waals surface area contributed by atoms with Gasteiger partial charge in [0.05, 0.1) is 30.0 Å². The Labute approximate surface area is 110 Å². The lowest BCUT2D eigenvalue weighted by Crippen LogP contribution is -2.17. The van der Waals surface area contributed by atoms with E-state index >= 15 is 0 Å². The zero-order chi connectivity index (χ0) is 13.5. The van der Waals surface area contributed by atoms with E-state index in [-0.39, 0.29) is 23.4 Å². The van der Waals surface area contributed by atoms with Crippen molar-refractivity contribution < 1.29 is 14.3 Å². The molecule has 6 heteroatoms. The summed E-state index contributed by atoms with van der Waals surface area (Å²) in [5.41, 5.74) is 7.83. The average molecular weight is 268 g/mol. The number of aryl methyl sites for hydroxylation is 1. The molecule has 0 unspecified atom stereocenters. The first-order chi connectivity index (χ1) is 8.54. The Bertz CT molecular complexity index is 429. The highest BCUT2D eigenvalue weighted by atomic mass is 32.2. The minimum Gasteiger partial charge on any atom is -0.468 e. The monoisotopic (exact) mass is 268 g/mol. The Morgan fingerprint density at radius 2 is 2.11 bits per heavy atom. The lowest BCUT2D eigenvalue weighted by molar-refractivity contribution is -0.137. The summed E-state index contributed by atoms with van der Waals surface area (Å²) >= 11 is 1.20. The van der Waals surface area contributed by atoms with Crippen molar-refractivity contribution in [3.63, 3.8) is 0 Å². The molecule has 0 radical (unpaired) electrons. The van der Waals surface area contributed by atoms with Crippen molar-refractivity contribution in [1.82, 2.24) is 0 Å². The largest absolute Gasteiger partial charge is 0.468 e. The van der Waals surface area contributed by atoms with Crippen molar-refractivity contribution in [2.45, 2.75) is 6.92 Å². The zero-order valence-electron chi connectivity index (χ0n) is 10.4. The van der Waals surface area contributed by atoms with E-state index in [0.717, 1.165) is 5.56 Å². The van der Waals surface area contributed by atoms with Crippen molar-refractivity contribution >= 4 is 35.0 Å². The van der Waals surface area contributed by atoms with Gasteiger partial charge in [-0.2, -0.15) is 0 Å². The second-order valence-electron chi connectivity index (χ2n) is 3.66. The number of nitrogen functional groups attached to an aromatic ring is 1. The number of carbonyl (C=O) groups excluding carboxylic acids is 2. The van der Waals surface area contributed by atoms with Crippen LogP contribution in [0, 0.1) is 6.92 Å². The lowest BCUT2D eigenvalue weighted by atomic mass is 10.1. The van der Waals surface area contributed by atoms with E-state index in [1.165, 1.54) is 18.9 Å². The molecule has 0 aliphatic carbocycles. The summed E-state index contributed by atoms with van der Waals surface area (Å²) in [5, 5.41) is 2.73. The number of thioether (sulfide) groups is 1. The molecular formula is C12H16N2O3S. The normalized spacial score (nSPS) is 9.89. The molecule has 0 fully saturated rings. The first-order valence-electron chi connectivity index (χ1n) is 5.34. The molecular weight excluding hydrogens is 252 g/mol. The summed E-state index contributed by atoms with van der Waals surface area (Å²) in [6, 6.07) is 5.42. The SMILES string of the molecule is COC(=O)CSCC(=O)Nc1c(C)cccc1N. The molecule has 18 heavy (non-hydrogen) atoms. The highest BCUT2D eigenvalue weighted by Crippen LogP contribution is 2.22. The van der Waals surface area contributed by atoms with Crippen molar-refractivity contribution in [3.05, 3.63) is 23.8 Å². The van der Waals surface area contributed by atoms with Crippen LogP contribution >= 0.6 is 11.8 Å². The van der Waals surface area contributed by atoms with Crippen LogP contribution in [0.1, 0.15) is 5.56 Å². The molecule has 0 aliphatic rings. The molecule has 0 aromatic heterocycles. The Balaban J connectivity index is 2.47. The van der Waals surface area contributed by atoms with Gasteiger partial charge >= 0.3 is 5.97 Å². The van der Waals surface area contributed by atoms with Gasteiger partial charge in [-0.25, -0.2) is 0 Å². The van der Waals surface area contributed by atoms with Crippen LogP contribution in [0.5, 0.6) is 0 Å². The van der Waals surface area contributed by atoms with E-state index in [2.05, 4.69) is 10.1 Å². The number of esters is 1. The molecule has 5 nitrogen and oxygen atoms in total. The molecule has 0 heterocycles. The van der Waals surface area contributed by atoms with E-state index in [4.69, 9.17) is 5.73 Å². The third-order valence-corrected chi connectivity index (χ3v) is 3.16. The van der Waals surface area contributed by atoms with Crippen LogP contribution in [0.4, 0.5) is 11.4 Å². The number of methoxy groups -OCH3 is 1. The number of hydrogen-bond donors (Lipinski definition) is 2. The molecule has 0 bridgehead atoms. The third-order valence-electron chi connectivity index (χ3n) is 2.25. The van der Waals surface area contributed by atoms with Gasteiger partial charge in [0, 0.05) is 0 Å². The Morgan fingerprint density at radius 3 is 2.72 bits per heavy atom. The fourth-order valence-corrected chi connectivity index (χ4v) is 1.97. The van der Waals surface area contributed by atoms with Crippen molar-refractivity contribution in [2.75, 3.05) is 29.7 Å². The number of para-hydroxylation sites is 1. The van der Waals surface area contributed by atoms with Crippen molar-refractivity contribution in [2.24, 2.45) is 0 Å². The molecule has 1 aromatic rings. The van der Waals surface area contributed by atoms with Gasteiger partial charge in [0.25, 0.3) is 0 Å². The Hall–Kier alpha value is -1.69. The highest BCUT2D eigenvalue weighted by molar-refractivity contribution is 8.00. The van der Waals surface area contributed by atoms with Crippen molar-refractivity contribution in [1.29, 1.82) is 0 Å².